The van der Waals surface area contributed by atoms with E-state index in [1.807, 2.05) is 48.5 Å². The van der Waals surface area contributed by atoms with Crippen LogP contribution in [0.3, 0.4) is 0 Å². The van der Waals surface area contributed by atoms with Crippen LogP contribution in [0.1, 0.15) is 34.3 Å². The maximum Gasteiger partial charge on any atom is 0.167 e. The highest BCUT2D eigenvalue weighted by Gasteiger charge is 2.23. The number of ether oxygens (including phenoxy) is 1. The van der Waals surface area contributed by atoms with Crippen molar-refractivity contribution in [3.8, 4) is 5.75 Å². The Kier molecular flexibility index (Phi) is 4.02. The fourth-order valence-electron chi connectivity index (χ4n) is 2.33. The third-order valence-corrected chi connectivity index (χ3v) is 3.67. The lowest BCUT2D eigenvalue weighted by molar-refractivity contribution is 0.0992. The van der Waals surface area contributed by atoms with Crippen molar-refractivity contribution in [2.24, 2.45) is 5.73 Å². The number of hydrogen-bond acceptors (Lipinski definition) is 3. The van der Waals surface area contributed by atoms with Crippen LogP contribution in [-0.4, -0.2) is 11.9 Å². The summed E-state index contributed by atoms with van der Waals surface area (Å²) in [6.07, 6.45) is 2.94. The molecule has 21 heavy (non-hydrogen) atoms. The summed E-state index contributed by atoms with van der Waals surface area (Å²) in [6.45, 7) is 0.453. The molecule has 3 rings (SSSR count). The Bertz CT molecular complexity index is 647. The summed E-state index contributed by atoms with van der Waals surface area (Å²) in [5.41, 5.74) is 8.44. The molecule has 0 atom stereocenters. The van der Waals surface area contributed by atoms with Crippen molar-refractivity contribution in [1.82, 2.24) is 0 Å². The Labute approximate surface area is 124 Å². The van der Waals surface area contributed by atoms with E-state index in [4.69, 9.17) is 10.5 Å². The van der Waals surface area contributed by atoms with Crippen LogP contribution in [-0.2, 0) is 13.0 Å². The number of Topliss-reactive ketones (excluding diaryl/α,β-unsaturated/α-hetero) is 1. The predicted octanol–water partition coefficient (Wildman–Crippen LogP) is 3.11. The van der Waals surface area contributed by atoms with Gasteiger partial charge in [0.1, 0.15) is 5.75 Å². The number of carbonyl (C=O) groups excluding carboxylic acids is 1. The third kappa shape index (κ3) is 3.50. The van der Waals surface area contributed by atoms with Gasteiger partial charge in [-0.25, -0.2) is 0 Å². The van der Waals surface area contributed by atoms with Gasteiger partial charge in [0.25, 0.3) is 0 Å². The summed E-state index contributed by atoms with van der Waals surface area (Å²) in [4.78, 5) is 12.4. The van der Waals surface area contributed by atoms with Gasteiger partial charge >= 0.3 is 0 Å². The van der Waals surface area contributed by atoms with E-state index in [0.717, 1.165) is 29.7 Å². The predicted molar refractivity (Wildman–Crippen MR) is 82.5 cm³/mol. The molecule has 2 aromatic carbocycles. The van der Waals surface area contributed by atoms with Gasteiger partial charge in [0, 0.05) is 18.5 Å². The quantitative estimate of drug-likeness (QED) is 0.828. The van der Waals surface area contributed by atoms with Crippen LogP contribution in [0.2, 0.25) is 0 Å². The molecule has 3 heteroatoms. The molecule has 1 aliphatic rings. The van der Waals surface area contributed by atoms with Gasteiger partial charge in [-0.15, -0.1) is 0 Å². The van der Waals surface area contributed by atoms with Crippen LogP contribution in [0.4, 0.5) is 0 Å². The molecule has 0 spiro atoms. The molecule has 0 radical (unpaired) electrons. The SMILES string of the molecule is NCc1ccccc1CC(=O)c1cccc(OC2CC2)c1. The zero-order valence-corrected chi connectivity index (χ0v) is 11.9. The lowest BCUT2D eigenvalue weighted by atomic mass is 9.99. The second kappa shape index (κ2) is 6.10. The number of rotatable bonds is 6. The molecule has 0 bridgehead atoms. The standard InChI is InChI=1S/C18H19NO2/c19-12-15-5-2-1-4-13(15)11-18(20)14-6-3-7-17(10-14)21-16-8-9-16/h1-7,10,16H,8-9,11-12,19H2. The van der Waals surface area contributed by atoms with Gasteiger partial charge in [0.15, 0.2) is 5.78 Å². The van der Waals surface area contributed by atoms with Crippen molar-refractivity contribution in [1.29, 1.82) is 0 Å². The van der Waals surface area contributed by atoms with E-state index in [1.165, 1.54) is 0 Å². The highest BCUT2D eigenvalue weighted by atomic mass is 16.5. The minimum atomic E-state index is 0.0946. The number of carbonyl (C=O) groups is 1. The van der Waals surface area contributed by atoms with E-state index in [0.29, 0.717) is 24.6 Å². The molecule has 108 valence electrons. The van der Waals surface area contributed by atoms with Gasteiger partial charge in [-0.1, -0.05) is 36.4 Å². The molecule has 2 aromatic rings. The first-order valence-corrected chi connectivity index (χ1v) is 7.33. The Morgan fingerprint density at radius 3 is 2.57 bits per heavy atom. The smallest absolute Gasteiger partial charge is 0.167 e. The van der Waals surface area contributed by atoms with E-state index in [-0.39, 0.29) is 5.78 Å². The summed E-state index contributed by atoms with van der Waals surface area (Å²) in [5, 5.41) is 0. The monoisotopic (exact) mass is 281 g/mol. The Hall–Kier alpha value is -2.13. The highest BCUT2D eigenvalue weighted by molar-refractivity contribution is 5.98. The number of ketones is 1. The molecule has 0 amide bonds. The number of benzene rings is 2. The van der Waals surface area contributed by atoms with Crippen molar-refractivity contribution in [2.75, 3.05) is 0 Å². The number of nitrogens with two attached hydrogens (primary N) is 1. The maximum absolute atomic E-state index is 12.4. The van der Waals surface area contributed by atoms with Crippen LogP contribution in [0.5, 0.6) is 5.75 Å². The van der Waals surface area contributed by atoms with Crippen molar-refractivity contribution >= 4 is 5.78 Å². The first-order chi connectivity index (χ1) is 10.3. The van der Waals surface area contributed by atoms with Gasteiger partial charge in [0.2, 0.25) is 0 Å². The Balaban J connectivity index is 1.75. The molecular weight excluding hydrogens is 262 g/mol. The largest absolute Gasteiger partial charge is 0.490 e. The van der Waals surface area contributed by atoms with Crippen LogP contribution in [0, 0.1) is 0 Å². The normalized spacial score (nSPS) is 14.0. The van der Waals surface area contributed by atoms with Crippen LogP contribution in [0.25, 0.3) is 0 Å². The minimum Gasteiger partial charge on any atom is -0.490 e. The van der Waals surface area contributed by atoms with Gasteiger partial charge < -0.3 is 10.5 Å². The summed E-state index contributed by atoms with van der Waals surface area (Å²) in [6, 6.07) is 15.3. The van der Waals surface area contributed by atoms with Gasteiger partial charge in [0.05, 0.1) is 6.10 Å². The first kappa shape index (κ1) is 13.8. The van der Waals surface area contributed by atoms with Gasteiger partial charge in [-0.3, -0.25) is 4.79 Å². The summed E-state index contributed by atoms with van der Waals surface area (Å²) >= 11 is 0. The number of hydrogen-bond donors (Lipinski definition) is 1. The molecule has 0 unspecified atom stereocenters. The van der Waals surface area contributed by atoms with E-state index >= 15 is 0 Å². The van der Waals surface area contributed by atoms with E-state index in [9.17, 15) is 4.79 Å². The molecule has 1 aliphatic carbocycles. The third-order valence-electron chi connectivity index (χ3n) is 3.67. The maximum atomic E-state index is 12.4. The fraction of sp³-hybridized carbons (Fsp3) is 0.278. The van der Waals surface area contributed by atoms with E-state index in [2.05, 4.69) is 0 Å². The lowest BCUT2D eigenvalue weighted by Gasteiger charge is -2.09. The topological polar surface area (TPSA) is 52.3 Å². The average Bonchev–Trinajstić information content (AvgIpc) is 3.32. The van der Waals surface area contributed by atoms with Crippen LogP contribution < -0.4 is 10.5 Å². The Morgan fingerprint density at radius 2 is 1.86 bits per heavy atom. The van der Waals surface area contributed by atoms with Crippen LogP contribution in [0.15, 0.2) is 48.5 Å². The zero-order valence-electron chi connectivity index (χ0n) is 11.9. The van der Waals surface area contributed by atoms with Crippen molar-refractivity contribution in [3.05, 3.63) is 65.2 Å². The molecule has 0 aromatic heterocycles. The second-order valence-electron chi connectivity index (χ2n) is 5.42. The molecule has 1 saturated carbocycles. The summed E-state index contributed by atoms with van der Waals surface area (Å²) in [7, 11) is 0. The first-order valence-electron chi connectivity index (χ1n) is 7.33. The van der Waals surface area contributed by atoms with E-state index in [1.54, 1.807) is 0 Å². The summed E-state index contributed by atoms with van der Waals surface area (Å²) < 4.78 is 5.74. The average molecular weight is 281 g/mol. The molecule has 0 saturated heterocycles. The van der Waals surface area contributed by atoms with Crippen molar-refractivity contribution < 1.29 is 9.53 Å². The lowest BCUT2D eigenvalue weighted by Crippen LogP contribution is -2.08. The van der Waals surface area contributed by atoms with Gasteiger partial charge in [-0.05, 0) is 36.1 Å². The fourth-order valence-corrected chi connectivity index (χ4v) is 2.33. The minimum absolute atomic E-state index is 0.0946. The Morgan fingerprint density at radius 1 is 1.10 bits per heavy atom. The summed E-state index contributed by atoms with van der Waals surface area (Å²) in [5.74, 6) is 0.882. The molecule has 2 N–H and O–H groups in total. The highest BCUT2D eigenvalue weighted by Crippen LogP contribution is 2.27. The second-order valence-corrected chi connectivity index (χ2v) is 5.42. The van der Waals surface area contributed by atoms with E-state index < -0.39 is 0 Å². The zero-order chi connectivity index (χ0) is 14.7. The van der Waals surface area contributed by atoms with Crippen molar-refractivity contribution in [3.63, 3.8) is 0 Å². The van der Waals surface area contributed by atoms with Crippen LogP contribution >= 0.6 is 0 Å². The molecule has 1 fully saturated rings. The van der Waals surface area contributed by atoms with Crippen molar-refractivity contribution in [2.45, 2.75) is 31.9 Å². The molecular formula is C18H19NO2. The molecule has 0 aliphatic heterocycles. The molecule has 0 heterocycles. The molecule has 3 nitrogen and oxygen atoms in total. The van der Waals surface area contributed by atoms with Gasteiger partial charge in [-0.2, -0.15) is 0 Å².